The second-order valence-corrected chi connectivity index (χ2v) is 5.06. The van der Waals surface area contributed by atoms with Gasteiger partial charge in [0.2, 0.25) is 0 Å². The number of hydrogen-bond donors (Lipinski definition) is 2. The molecule has 0 heterocycles. The molecular formula is C15H14ClNO2S. The lowest BCUT2D eigenvalue weighted by Crippen LogP contribution is -2.11. The molecule has 0 atom stereocenters. The van der Waals surface area contributed by atoms with Gasteiger partial charge in [-0.2, -0.15) is 0 Å². The van der Waals surface area contributed by atoms with E-state index in [0.717, 1.165) is 5.56 Å². The summed E-state index contributed by atoms with van der Waals surface area (Å²) in [5.41, 5.74) is 7.19. The smallest absolute Gasteiger partial charge is 0.137 e. The molecule has 0 spiro atoms. The molecule has 0 aromatic heterocycles. The van der Waals surface area contributed by atoms with E-state index in [1.807, 2.05) is 24.3 Å². The van der Waals surface area contributed by atoms with Crippen LogP contribution in [0.5, 0.6) is 11.5 Å². The number of rotatable bonds is 5. The van der Waals surface area contributed by atoms with E-state index in [9.17, 15) is 0 Å². The van der Waals surface area contributed by atoms with Crippen LogP contribution >= 0.6 is 23.8 Å². The van der Waals surface area contributed by atoms with Gasteiger partial charge in [0.05, 0.1) is 5.56 Å². The average Bonchev–Trinajstić information content (AvgIpc) is 2.43. The molecule has 0 amide bonds. The van der Waals surface area contributed by atoms with E-state index >= 15 is 0 Å². The predicted molar refractivity (Wildman–Crippen MR) is 84.6 cm³/mol. The lowest BCUT2D eigenvalue weighted by molar-refractivity contribution is 0.298. The second kappa shape index (κ2) is 6.70. The summed E-state index contributed by atoms with van der Waals surface area (Å²) in [6.07, 6.45) is 0.520. The number of benzene rings is 2. The highest BCUT2D eigenvalue weighted by Gasteiger charge is 2.10. The Morgan fingerprint density at radius 3 is 2.65 bits per heavy atom. The molecule has 20 heavy (non-hydrogen) atoms. The van der Waals surface area contributed by atoms with Gasteiger partial charge in [0, 0.05) is 11.6 Å². The van der Waals surface area contributed by atoms with E-state index in [1.165, 1.54) is 0 Å². The van der Waals surface area contributed by atoms with Crippen LogP contribution in [0.25, 0.3) is 0 Å². The maximum Gasteiger partial charge on any atom is 0.137 e. The normalized spacial score (nSPS) is 10.3. The van der Waals surface area contributed by atoms with E-state index in [2.05, 4.69) is 0 Å². The average molecular weight is 308 g/mol. The molecule has 2 aromatic rings. The fraction of sp³-hybridized carbons (Fsp3) is 0.133. The predicted octanol–water partition coefficient (Wildman–Crippen LogP) is 3.30. The van der Waals surface area contributed by atoms with Gasteiger partial charge in [-0.15, -0.1) is 0 Å². The van der Waals surface area contributed by atoms with E-state index in [-0.39, 0.29) is 11.6 Å². The molecule has 0 fully saturated rings. The summed E-state index contributed by atoms with van der Waals surface area (Å²) in [5.74, 6) is 1.22. The van der Waals surface area contributed by atoms with Crippen molar-refractivity contribution in [2.75, 3.05) is 6.61 Å². The Balaban J connectivity index is 2.37. The van der Waals surface area contributed by atoms with Gasteiger partial charge in [-0.1, -0.05) is 42.0 Å². The molecule has 0 bridgehead atoms. The molecule has 0 aliphatic carbocycles. The van der Waals surface area contributed by atoms with Crippen molar-refractivity contribution in [1.29, 1.82) is 0 Å². The van der Waals surface area contributed by atoms with Crippen LogP contribution < -0.4 is 10.5 Å². The van der Waals surface area contributed by atoms with Crippen molar-refractivity contribution in [2.45, 2.75) is 6.42 Å². The van der Waals surface area contributed by atoms with Crippen LogP contribution in [-0.2, 0) is 6.42 Å². The first-order valence-corrected chi connectivity index (χ1v) is 6.86. The number of halogens is 1. The van der Waals surface area contributed by atoms with Gasteiger partial charge in [0.15, 0.2) is 0 Å². The zero-order valence-electron chi connectivity index (χ0n) is 10.7. The standard InChI is InChI=1S/C15H14ClNO2S/c16-11-5-6-14(12(9-11)15(17)20)19-13-4-2-1-3-10(13)7-8-18/h1-6,9,18H,7-8H2,(H2,17,20). The van der Waals surface area contributed by atoms with Gasteiger partial charge in [-0.25, -0.2) is 0 Å². The quantitative estimate of drug-likeness (QED) is 0.832. The summed E-state index contributed by atoms with van der Waals surface area (Å²) in [5, 5.41) is 9.62. The van der Waals surface area contributed by atoms with Gasteiger partial charge >= 0.3 is 0 Å². The largest absolute Gasteiger partial charge is 0.456 e. The second-order valence-electron chi connectivity index (χ2n) is 4.19. The summed E-state index contributed by atoms with van der Waals surface area (Å²) in [7, 11) is 0. The molecule has 3 N–H and O–H groups in total. The molecule has 0 saturated carbocycles. The molecule has 0 saturated heterocycles. The Labute approximate surface area is 127 Å². The first-order valence-electron chi connectivity index (χ1n) is 6.08. The highest BCUT2D eigenvalue weighted by molar-refractivity contribution is 7.80. The summed E-state index contributed by atoms with van der Waals surface area (Å²) in [6.45, 7) is 0.0587. The zero-order chi connectivity index (χ0) is 14.5. The van der Waals surface area contributed by atoms with E-state index in [0.29, 0.717) is 28.5 Å². The van der Waals surface area contributed by atoms with Crippen LogP contribution in [0.2, 0.25) is 5.02 Å². The number of ether oxygens (including phenoxy) is 1. The maximum absolute atomic E-state index is 9.08. The molecule has 0 unspecified atom stereocenters. The molecule has 0 aliphatic rings. The Morgan fingerprint density at radius 2 is 1.95 bits per heavy atom. The Morgan fingerprint density at radius 1 is 1.20 bits per heavy atom. The van der Waals surface area contributed by atoms with Crippen molar-refractivity contribution < 1.29 is 9.84 Å². The van der Waals surface area contributed by atoms with Gasteiger partial charge in [0.1, 0.15) is 16.5 Å². The molecule has 5 heteroatoms. The topological polar surface area (TPSA) is 55.5 Å². The van der Waals surface area contributed by atoms with E-state index in [4.69, 9.17) is 39.4 Å². The summed E-state index contributed by atoms with van der Waals surface area (Å²) >= 11 is 10.9. The van der Waals surface area contributed by atoms with Crippen LogP contribution in [0.1, 0.15) is 11.1 Å². The third-order valence-electron chi connectivity index (χ3n) is 2.78. The molecule has 0 radical (unpaired) electrons. The number of para-hydroxylation sites is 1. The van der Waals surface area contributed by atoms with Crippen LogP contribution in [-0.4, -0.2) is 16.7 Å². The minimum Gasteiger partial charge on any atom is -0.456 e. The Hall–Kier alpha value is -1.62. The molecule has 0 aliphatic heterocycles. The highest BCUT2D eigenvalue weighted by Crippen LogP contribution is 2.30. The van der Waals surface area contributed by atoms with Crippen LogP contribution in [0.15, 0.2) is 42.5 Å². The molecule has 2 aromatic carbocycles. The minimum absolute atomic E-state index is 0.0587. The Kier molecular flexibility index (Phi) is 4.95. The van der Waals surface area contributed by atoms with Gasteiger partial charge in [-0.05, 0) is 36.2 Å². The lowest BCUT2D eigenvalue weighted by atomic mass is 10.1. The summed E-state index contributed by atoms with van der Waals surface area (Å²) < 4.78 is 5.87. The summed E-state index contributed by atoms with van der Waals surface area (Å²) in [4.78, 5) is 0.224. The van der Waals surface area contributed by atoms with Crippen molar-refractivity contribution in [3.8, 4) is 11.5 Å². The molecule has 104 valence electrons. The van der Waals surface area contributed by atoms with Gasteiger partial charge in [-0.3, -0.25) is 0 Å². The maximum atomic E-state index is 9.08. The van der Waals surface area contributed by atoms with Crippen LogP contribution in [0.3, 0.4) is 0 Å². The molecule has 3 nitrogen and oxygen atoms in total. The van der Waals surface area contributed by atoms with Crippen molar-refractivity contribution in [3.63, 3.8) is 0 Å². The first kappa shape index (κ1) is 14.8. The minimum atomic E-state index is 0.0587. The summed E-state index contributed by atoms with van der Waals surface area (Å²) in [6, 6.07) is 12.6. The van der Waals surface area contributed by atoms with Crippen molar-refractivity contribution in [2.24, 2.45) is 5.73 Å². The lowest BCUT2D eigenvalue weighted by Gasteiger charge is -2.13. The van der Waals surface area contributed by atoms with Crippen LogP contribution in [0, 0.1) is 0 Å². The van der Waals surface area contributed by atoms with E-state index in [1.54, 1.807) is 18.2 Å². The Bertz CT molecular complexity index is 631. The SMILES string of the molecule is NC(=S)c1cc(Cl)ccc1Oc1ccccc1CCO. The number of aliphatic hydroxyl groups is 1. The van der Waals surface area contributed by atoms with Crippen molar-refractivity contribution in [1.82, 2.24) is 0 Å². The third kappa shape index (κ3) is 3.48. The van der Waals surface area contributed by atoms with Gasteiger partial charge in [0.25, 0.3) is 0 Å². The molecular weight excluding hydrogens is 294 g/mol. The number of nitrogens with two attached hydrogens (primary N) is 1. The number of hydrogen-bond acceptors (Lipinski definition) is 3. The third-order valence-corrected chi connectivity index (χ3v) is 3.24. The van der Waals surface area contributed by atoms with Crippen molar-refractivity contribution in [3.05, 3.63) is 58.6 Å². The first-order chi connectivity index (χ1) is 9.61. The number of aliphatic hydroxyl groups excluding tert-OH is 1. The van der Waals surface area contributed by atoms with Crippen molar-refractivity contribution >= 4 is 28.8 Å². The fourth-order valence-electron chi connectivity index (χ4n) is 1.83. The highest BCUT2D eigenvalue weighted by atomic mass is 35.5. The monoisotopic (exact) mass is 307 g/mol. The van der Waals surface area contributed by atoms with E-state index < -0.39 is 0 Å². The van der Waals surface area contributed by atoms with Crippen LogP contribution in [0.4, 0.5) is 0 Å². The zero-order valence-corrected chi connectivity index (χ0v) is 12.2. The molecule has 2 rings (SSSR count). The number of thiocarbonyl (C=S) groups is 1. The van der Waals surface area contributed by atoms with Gasteiger partial charge < -0.3 is 15.6 Å². The fourth-order valence-corrected chi connectivity index (χ4v) is 2.16.